The molecule has 0 bridgehead atoms. The van der Waals surface area contributed by atoms with Gasteiger partial charge in [-0.25, -0.2) is 15.5 Å². The highest BCUT2D eigenvalue weighted by Gasteiger charge is 2.13. The standard InChI is InChI=1S/C25H23N7O3/c1-16(9-4-5-10-17(2)31-34)18(3)28-24(19-11-8-12-20(15-19)25(33)30-27)29-23(26)21-13-6-7-14-22(21)32-35/h4-5,8-17,27H,3H2,1-2H3,(H2,26,28,29)/b9-4-,10-5-,30-27?. The average Bonchev–Trinajstić information content (AvgIpc) is 2.89. The first-order valence-electron chi connectivity index (χ1n) is 10.4. The smallest absolute Gasteiger partial charge is 0.294 e. The molecule has 10 heteroatoms. The highest BCUT2D eigenvalue weighted by Crippen LogP contribution is 2.19. The fourth-order valence-electron chi connectivity index (χ4n) is 2.68. The van der Waals surface area contributed by atoms with Gasteiger partial charge in [0.2, 0.25) is 0 Å². The number of carbonyl (C=O) groups excluding carboxylic acids is 1. The van der Waals surface area contributed by atoms with Crippen LogP contribution in [0.1, 0.15) is 35.3 Å². The van der Waals surface area contributed by atoms with Crippen molar-refractivity contribution in [1.29, 1.82) is 5.53 Å². The number of rotatable bonds is 10. The lowest BCUT2D eigenvalue weighted by atomic mass is 10.1. The predicted octanol–water partition coefficient (Wildman–Crippen LogP) is 5.43. The molecule has 0 heterocycles. The number of hydrogen-bond donors (Lipinski definition) is 2. The number of nitrogens with zero attached hydrogens (tertiary/aromatic N) is 5. The highest BCUT2D eigenvalue weighted by molar-refractivity contribution is 6.13. The first kappa shape index (κ1) is 26.3. The molecule has 0 aliphatic rings. The number of carbonyl (C=O) groups is 1. The second kappa shape index (κ2) is 13.0. The van der Waals surface area contributed by atoms with E-state index in [0.717, 1.165) is 0 Å². The Morgan fingerprint density at radius 3 is 2.46 bits per heavy atom. The number of nitroso groups, excluding NO2 is 2. The quantitative estimate of drug-likeness (QED) is 0.156. The Balaban J connectivity index is 2.51. The molecule has 0 aliphatic heterocycles. The van der Waals surface area contributed by atoms with Crippen LogP contribution in [0.4, 0.5) is 5.69 Å². The summed E-state index contributed by atoms with van der Waals surface area (Å²) in [6.45, 7) is 7.53. The molecule has 0 aliphatic carbocycles. The van der Waals surface area contributed by atoms with Crippen molar-refractivity contribution in [3.05, 3.63) is 112 Å². The zero-order valence-corrected chi connectivity index (χ0v) is 19.2. The number of hydrogen-bond acceptors (Lipinski definition) is 7. The Morgan fingerprint density at radius 1 is 1.09 bits per heavy atom. The zero-order valence-electron chi connectivity index (χ0n) is 19.2. The molecular weight excluding hydrogens is 446 g/mol. The number of allylic oxidation sites excluding steroid dienone is 3. The number of benzene rings is 1. The number of amides is 1. The Morgan fingerprint density at radius 2 is 1.77 bits per heavy atom. The molecule has 0 spiro atoms. The summed E-state index contributed by atoms with van der Waals surface area (Å²) in [4.78, 5) is 42.4. The van der Waals surface area contributed by atoms with Gasteiger partial charge in [0, 0.05) is 34.9 Å². The van der Waals surface area contributed by atoms with Gasteiger partial charge in [-0.1, -0.05) is 67.2 Å². The Bertz CT molecular complexity index is 1250. The Labute approximate surface area is 202 Å². The topological polar surface area (TPSA) is 163 Å². The second-order valence-corrected chi connectivity index (χ2v) is 7.29. The molecule has 3 N–H and O–H groups in total. The molecule has 0 saturated carbocycles. The zero-order chi connectivity index (χ0) is 25.8. The third kappa shape index (κ3) is 7.57. The second-order valence-electron chi connectivity index (χ2n) is 7.29. The van der Waals surface area contributed by atoms with E-state index in [1.807, 2.05) is 13.0 Å². The number of nitrogens with one attached hydrogen (secondary N) is 1. The summed E-state index contributed by atoms with van der Waals surface area (Å²) in [7, 11) is 0. The number of amidine groups is 2. The van der Waals surface area contributed by atoms with Crippen LogP contribution >= 0.6 is 0 Å². The summed E-state index contributed by atoms with van der Waals surface area (Å²) in [6.07, 6.45) is 6.91. The molecule has 2 rings (SSSR count). The molecule has 1 amide bonds. The minimum absolute atomic E-state index is 0.0299. The van der Waals surface area contributed by atoms with E-state index in [1.54, 1.807) is 37.3 Å². The van der Waals surface area contributed by atoms with Crippen molar-refractivity contribution in [3.63, 3.8) is 0 Å². The number of nitrogens with two attached hydrogens (primary N) is 1. The van der Waals surface area contributed by atoms with Crippen molar-refractivity contribution in [2.75, 3.05) is 0 Å². The van der Waals surface area contributed by atoms with E-state index >= 15 is 0 Å². The summed E-state index contributed by atoms with van der Waals surface area (Å²) < 4.78 is 0. The van der Waals surface area contributed by atoms with Crippen molar-refractivity contribution in [3.8, 4) is 0 Å². The summed E-state index contributed by atoms with van der Waals surface area (Å²) in [5.74, 6) is -0.901. The predicted molar refractivity (Wildman–Crippen MR) is 135 cm³/mol. The van der Waals surface area contributed by atoms with Crippen LogP contribution in [0.2, 0.25) is 0 Å². The Hall–Kier alpha value is -4.91. The van der Waals surface area contributed by atoms with Crippen molar-refractivity contribution in [2.45, 2.75) is 19.9 Å². The largest absolute Gasteiger partial charge is 0.383 e. The van der Waals surface area contributed by atoms with Crippen LogP contribution in [0.5, 0.6) is 0 Å². The van der Waals surface area contributed by atoms with Gasteiger partial charge in [-0.15, -0.1) is 10.0 Å². The van der Waals surface area contributed by atoms with Gasteiger partial charge in [0.05, 0.1) is 5.56 Å². The molecule has 35 heavy (non-hydrogen) atoms. The summed E-state index contributed by atoms with van der Waals surface area (Å²) in [5, 5.41) is 8.76. The van der Waals surface area contributed by atoms with Gasteiger partial charge in [-0.05, 0) is 24.2 Å². The fraction of sp³-hybridized carbons (Fsp3) is 0.160. The van der Waals surface area contributed by atoms with Gasteiger partial charge < -0.3 is 5.73 Å². The normalized spacial score (nSPS) is 13.8. The molecule has 10 nitrogen and oxygen atoms in total. The molecule has 2 aromatic carbocycles. The van der Waals surface area contributed by atoms with Gasteiger partial charge >= 0.3 is 0 Å². The maximum atomic E-state index is 11.9. The van der Waals surface area contributed by atoms with Gasteiger partial charge in [-0.3, -0.25) is 4.79 Å². The van der Waals surface area contributed by atoms with Crippen LogP contribution in [0.3, 0.4) is 0 Å². The maximum absolute atomic E-state index is 11.9. The summed E-state index contributed by atoms with van der Waals surface area (Å²) >= 11 is 0. The van der Waals surface area contributed by atoms with Crippen LogP contribution in [-0.2, 0) is 0 Å². The monoisotopic (exact) mass is 469 g/mol. The van der Waals surface area contributed by atoms with Crippen LogP contribution in [0.25, 0.3) is 0 Å². The molecule has 0 radical (unpaired) electrons. The summed E-state index contributed by atoms with van der Waals surface area (Å²) in [5.41, 5.74) is 14.4. The third-order valence-corrected chi connectivity index (χ3v) is 4.70. The molecule has 0 fully saturated rings. The van der Waals surface area contributed by atoms with E-state index in [2.05, 4.69) is 44.2 Å². The Kier molecular flexibility index (Phi) is 9.75. The van der Waals surface area contributed by atoms with Crippen molar-refractivity contribution < 1.29 is 4.79 Å². The molecule has 0 aromatic heterocycles. The lowest BCUT2D eigenvalue weighted by Crippen LogP contribution is -2.17. The molecule has 2 aromatic rings. The molecule has 0 saturated heterocycles. The van der Waals surface area contributed by atoms with Crippen LogP contribution in [0, 0.1) is 33.4 Å². The van der Waals surface area contributed by atoms with Crippen molar-refractivity contribution in [1.82, 2.24) is 0 Å². The fourth-order valence-corrected chi connectivity index (χ4v) is 2.68. The van der Waals surface area contributed by atoms with Crippen LogP contribution in [0.15, 0.2) is 98.4 Å². The minimum atomic E-state index is -0.732. The van der Waals surface area contributed by atoms with E-state index in [-0.39, 0.29) is 34.4 Å². The van der Waals surface area contributed by atoms with Gasteiger partial charge in [0.25, 0.3) is 5.91 Å². The highest BCUT2D eigenvalue weighted by atomic mass is 16.3. The minimum Gasteiger partial charge on any atom is -0.383 e. The van der Waals surface area contributed by atoms with E-state index in [4.69, 9.17) is 11.3 Å². The molecule has 2 unspecified atom stereocenters. The van der Waals surface area contributed by atoms with E-state index in [0.29, 0.717) is 11.3 Å². The van der Waals surface area contributed by atoms with Crippen molar-refractivity contribution in [2.24, 2.45) is 37.1 Å². The molecular formula is C25H23N7O3. The van der Waals surface area contributed by atoms with E-state index < -0.39 is 11.9 Å². The van der Waals surface area contributed by atoms with E-state index in [9.17, 15) is 14.6 Å². The lowest BCUT2D eigenvalue weighted by molar-refractivity contribution is 0.0991. The van der Waals surface area contributed by atoms with Gasteiger partial charge in [0.1, 0.15) is 17.6 Å². The SMILES string of the molecule is C=C(N=C(N=C(N)c1cc#ccc1N=O)c1cccc(C(=O)N=N)c1)C(C)/C=C\C=C/C(C)N=O. The molecule has 2 atom stereocenters. The first-order valence-corrected chi connectivity index (χ1v) is 10.4. The van der Waals surface area contributed by atoms with Crippen LogP contribution < -0.4 is 5.73 Å². The summed E-state index contributed by atoms with van der Waals surface area (Å²) in [6, 6.07) is 13.9. The van der Waals surface area contributed by atoms with Crippen molar-refractivity contribution >= 4 is 23.3 Å². The van der Waals surface area contributed by atoms with E-state index in [1.165, 1.54) is 24.3 Å². The first-order chi connectivity index (χ1) is 16.8. The van der Waals surface area contributed by atoms with Gasteiger partial charge in [0.15, 0.2) is 5.84 Å². The van der Waals surface area contributed by atoms with Gasteiger partial charge in [-0.2, -0.15) is 4.91 Å². The third-order valence-electron chi connectivity index (χ3n) is 4.70. The van der Waals surface area contributed by atoms with Crippen LogP contribution in [-0.4, -0.2) is 23.6 Å². The average molecular weight is 470 g/mol. The lowest BCUT2D eigenvalue weighted by Gasteiger charge is -2.10. The maximum Gasteiger partial charge on any atom is 0.294 e. The molecule has 176 valence electrons. The number of aliphatic imine (C=N–C) groups is 2.